The molecule has 0 bridgehead atoms. The van der Waals surface area contributed by atoms with Crippen LogP contribution in [0.2, 0.25) is 0 Å². The molecule has 100 valence electrons. The highest BCUT2D eigenvalue weighted by Crippen LogP contribution is 2.35. The first-order valence-electron chi connectivity index (χ1n) is 6.65. The molecular formula is C13H26N2O2. The van der Waals surface area contributed by atoms with Crippen molar-refractivity contribution in [3.05, 3.63) is 0 Å². The highest BCUT2D eigenvalue weighted by Gasteiger charge is 2.32. The van der Waals surface area contributed by atoms with Crippen LogP contribution in [-0.2, 0) is 4.79 Å². The van der Waals surface area contributed by atoms with Crippen LogP contribution in [0.5, 0.6) is 0 Å². The van der Waals surface area contributed by atoms with Gasteiger partial charge in [0.2, 0.25) is 5.91 Å². The SMILES string of the molecule is CC(C)C(N)C(=O)NCC1(CO)CCCCC1. The van der Waals surface area contributed by atoms with Crippen molar-refractivity contribution in [2.75, 3.05) is 13.2 Å². The Bertz CT molecular complexity index is 248. The molecule has 0 heterocycles. The summed E-state index contributed by atoms with van der Waals surface area (Å²) in [6, 6.07) is -0.450. The zero-order chi connectivity index (χ0) is 12.9. The number of aliphatic hydroxyl groups is 1. The number of carbonyl (C=O) groups is 1. The van der Waals surface area contributed by atoms with E-state index >= 15 is 0 Å². The topological polar surface area (TPSA) is 75.4 Å². The first-order valence-corrected chi connectivity index (χ1v) is 6.65. The predicted octanol–water partition coefficient (Wildman–Crippen LogP) is 1.03. The second kappa shape index (κ2) is 6.36. The van der Waals surface area contributed by atoms with Crippen LogP contribution in [0.4, 0.5) is 0 Å². The van der Waals surface area contributed by atoms with Gasteiger partial charge < -0.3 is 16.2 Å². The highest BCUT2D eigenvalue weighted by molar-refractivity contribution is 5.81. The summed E-state index contributed by atoms with van der Waals surface area (Å²) >= 11 is 0. The molecule has 4 nitrogen and oxygen atoms in total. The van der Waals surface area contributed by atoms with E-state index in [1.54, 1.807) is 0 Å². The van der Waals surface area contributed by atoms with Crippen LogP contribution in [0, 0.1) is 11.3 Å². The maximum absolute atomic E-state index is 11.8. The van der Waals surface area contributed by atoms with Crippen molar-refractivity contribution in [2.45, 2.75) is 52.0 Å². The van der Waals surface area contributed by atoms with Gasteiger partial charge in [0.1, 0.15) is 0 Å². The first kappa shape index (κ1) is 14.5. The monoisotopic (exact) mass is 242 g/mol. The lowest BCUT2D eigenvalue weighted by atomic mass is 9.74. The summed E-state index contributed by atoms with van der Waals surface area (Å²) in [6.45, 7) is 4.59. The molecule has 0 aromatic rings. The third-order valence-corrected chi connectivity index (χ3v) is 3.91. The Morgan fingerprint density at radius 2 is 1.94 bits per heavy atom. The number of nitrogens with two attached hydrogens (primary N) is 1. The standard InChI is InChI=1S/C13H26N2O2/c1-10(2)11(14)12(17)15-8-13(9-16)6-4-3-5-7-13/h10-11,16H,3-9,14H2,1-2H3,(H,15,17). The number of hydrogen-bond acceptors (Lipinski definition) is 3. The van der Waals surface area contributed by atoms with Crippen LogP contribution in [0.25, 0.3) is 0 Å². The van der Waals surface area contributed by atoms with Crippen molar-refractivity contribution in [3.8, 4) is 0 Å². The molecule has 0 aliphatic heterocycles. The molecule has 1 atom stereocenters. The van der Waals surface area contributed by atoms with Crippen LogP contribution in [0.15, 0.2) is 0 Å². The van der Waals surface area contributed by atoms with Gasteiger partial charge in [0, 0.05) is 12.0 Å². The molecule has 4 N–H and O–H groups in total. The van der Waals surface area contributed by atoms with E-state index in [-0.39, 0.29) is 23.8 Å². The summed E-state index contributed by atoms with van der Waals surface area (Å²) in [4.78, 5) is 11.8. The van der Waals surface area contributed by atoms with Gasteiger partial charge in [0.25, 0.3) is 0 Å². The third kappa shape index (κ3) is 3.96. The van der Waals surface area contributed by atoms with Crippen LogP contribution in [0.1, 0.15) is 46.0 Å². The van der Waals surface area contributed by atoms with E-state index in [0.717, 1.165) is 25.7 Å². The first-order chi connectivity index (χ1) is 8.01. The van der Waals surface area contributed by atoms with Gasteiger partial charge in [-0.1, -0.05) is 33.1 Å². The maximum atomic E-state index is 11.8. The Morgan fingerprint density at radius 1 is 1.35 bits per heavy atom. The molecule has 1 unspecified atom stereocenters. The lowest BCUT2D eigenvalue weighted by molar-refractivity contribution is -0.124. The minimum atomic E-state index is -0.450. The van der Waals surface area contributed by atoms with E-state index in [0.29, 0.717) is 6.54 Å². The molecule has 1 amide bonds. The molecule has 1 fully saturated rings. The molecule has 1 aliphatic carbocycles. The van der Waals surface area contributed by atoms with Crippen molar-refractivity contribution in [1.82, 2.24) is 5.32 Å². The summed E-state index contributed by atoms with van der Waals surface area (Å²) in [5.74, 6) is 0.0461. The fourth-order valence-electron chi connectivity index (χ4n) is 2.39. The smallest absolute Gasteiger partial charge is 0.237 e. The Morgan fingerprint density at radius 3 is 2.41 bits per heavy atom. The summed E-state index contributed by atoms with van der Waals surface area (Å²) in [5.41, 5.74) is 5.68. The lowest BCUT2D eigenvalue weighted by Gasteiger charge is -2.36. The van der Waals surface area contributed by atoms with Gasteiger partial charge in [-0.2, -0.15) is 0 Å². The predicted molar refractivity (Wildman–Crippen MR) is 68.4 cm³/mol. The van der Waals surface area contributed by atoms with E-state index in [1.807, 2.05) is 13.8 Å². The van der Waals surface area contributed by atoms with Gasteiger partial charge in [-0.3, -0.25) is 4.79 Å². The molecule has 1 rings (SSSR count). The summed E-state index contributed by atoms with van der Waals surface area (Å²) < 4.78 is 0. The van der Waals surface area contributed by atoms with Crippen LogP contribution >= 0.6 is 0 Å². The van der Waals surface area contributed by atoms with E-state index in [2.05, 4.69) is 5.32 Å². The Labute approximate surface area is 104 Å². The number of rotatable bonds is 5. The number of aliphatic hydroxyl groups excluding tert-OH is 1. The summed E-state index contributed by atoms with van der Waals surface area (Å²) in [6.07, 6.45) is 5.53. The molecule has 1 saturated carbocycles. The zero-order valence-electron chi connectivity index (χ0n) is 11.0. The Kier molecular flexibility index (Phi) is 5.40. The van der Waals surface area contributed by atoms with Crippen LogP contribution in [-0.4, -0.2) is 30.2 Å². The van der Waals surface area contributed by atoms with Gasteiger partial charge in [-0.15, -0.1) is 0 Å². The molecule has 0 aromatic heterocycles. The fraction of sp³-hybridized carbons (Fsp3) is 0.923. The van der Waals surface area contributed by atoms with Crippen molar-refractivity contribution in [2.24, 2.45) is 17.1 Å². The molecule has 0 saturated heterocycles. The Hall–Kier alpha value is -0.610. The van der Waals surface area contributed by atoms with Crippen molar-refractivity contribution in [3.63, 3.8) is 0 Å². The van der Waals surface area contributed by atoms with Gasteiger partial charge in [-0.25, -0.2) is 0 Å². The second-order valence-corrected chi connectivity index (χ2v) is 5.71. The van der Waals surface area contributed by atoms with Gasteiger partial charge >= 0.3 is 0 Å². The van der Waals surface area contributed by atoms with Crippen molar-refractivity contribution < 1.29 is 9.90 Å². The number of hydrogen-bond donors (Lipinski definition) is 3. The number of nitrogens with one attached hydrogen (secondary N) is 1. The average molecular weight is 242 g/mol. The maximum Gasteiger partial charge on any atom is 0.237 e. The number of carbonyl (C=O) groups excluding carboxylic acids is 1. The van der Waals surface area contributed by atoms with Crippen LogP contribution < -0.4 is 11.1 Å². The second-order valence-electron chi connectivity index (χ2n) is 5.71. The van der Waals surface area contributed by atoms with E-state index in [1.165, 1.54) is 6.42 Å². The van der Waals surface area contributed by atoms with Gasteiger partial charge in [-0.05, 0) is 18.8 Å². The van der Waals surface area contributed by atoms with E-state index in [4.69, 9.17) is 5.73 Å². The van der Waals surface area contributed by atoms with Crippen molar-refractivity contribution in [1.29, 1.82) is 0 Å². The largest absolute Gasteiger partial charge is 0.396 e. The quantitative estimate of drug-likeness (QED) is 0.674. The molecule has 0 radical (unpaired) electrons. The molecule has 0 spiro atoms. The zero-order valence-corrected chi connectivity index (χ0v) is 11.0. The minimum absolute atomic E-state index is 0.0987. The third-order valence-electron chi connectivity index (χ3n) is 3.91. The molecule has 1 aliphatic rings. The van der Waals surface area contributed by atoms with Crippen LogP contribution in [0.3, 0.4) is 0 Å². The molecular weight excluding hydrogens is 216 g/mol. The molecule has 4 heteroatoms. The Balaban J connectivity index is 2.44. The average Bonchev–Trinajstić information content (AvgIpc) is 2.36. The van der Waals surface area contributed by atoms with Crippen molar-refractivity contribution >= 4 is 5.91 Å². The summed E-state index contributed by atoms with van der Waals surface area (Å²) in [7, 11) is 0. The molecule has 17 heavy (non-hydrogen) atoms. The highest BCUT2D eigenvalue weighted by atomic mass is 16.3. The molecule has 0 aromatic carbocycles. The van der Waals surface area contributed by atoms with Gasteiger partial charge in [0.15, 0.2) is 0 Å². The lowest BCUT2D eigenvalue weighted by Crippen LogP contribution is -2.48. The normalized spacial score (nSPS) is 21.2. The number of amides is 1. The summed E-state index contributed by atoms with van der Waals surface area (Å²) in [5, 5.41) is 12.4. The van der Waals surface area contributed by atoms with E-state index < -0.39 is 6.04 Å². The van der Waals surface area contributed by atoms with Gasteiger partial charge in [0.05, 0.1) is 12.6 Å². The van der Waals surface area contributed by atoms with E-state index in [9.17, 15) is 9.90 Å². The fourth-order valence-corrected chi connectivity index (χ4v) is 2.39. The minimum Gasteiger partial charge on any atom is -0.396 e.